The van der Waals surface area contributed by atoms with Gasteiger partial charge in [0.2, 0.25) is 10.0 Å². The van der Waals surface area contributed by atoms with E-state index >= 15 is 0 Å². The van der Waals surface area contributed by atoms with E-state index in [1.165, 1.54) is 13.5 Å². The third kappa shape index (κ3) is 5.26. The van der Waals surface area contributed by atoms with Gasteiger partial charge in [0.15, 0.2) is 5.75 Å². The van der Waals surface area contributed by atoms with Gasteiger partial charge in [0.1, 0.15) is 11.9 Å². The number of imidazole rings is 1. The molecule has 43 heavy (non-hydrogen) atoms. The SMILES string of the molecule is COc1c(NC(=O)c2ccc(C)c(N3CC(c4cnc5n4C4(CC5)CC4C)N=N3)c2)cc(C(C)(C)C)cc1NS(C)(=O)=O. The van der Waals surface area contributed by atoms with E-state index in [4.69, 9.17) is 9.72 Å². The number of nitrogens with zero attached hydrogens (tertiary/aromatic N) is 5. The van der Waals surface area contributed by atoms with Crippen molar-refractivity contribution in [2.75, 3.05) is 35.0 Å². The fourth-order valence-corrected chi connectivity index (χ4v) is 6.99. The number of hydrogen-bond acceptors (Lipinski definition) is 8. The summed E-state index contributed by atoms with van der Waals surface area (Å²) in [6, 6.07) is 8.88. The highest BCUT2D eigenvalue weighted by atomic mass is 32.2. The van der Waals surface area contributed by atoms with Crippen molar-refractivity contribution in [1.82, 2.24) is 9.55 Å². The Hall–Kier alpha value is -3.93. The maximum Gasteiger partial charge on any atom is 0.255 e. The predicted octanol–water partition coefficient (Wildman–Crippen LogP) is 5.73. The zero-order valence-corrected chi connectivity index (χ0v) is 26.5. The smallest absolute Gasteiger partial charge is 0.255 e. The van der Waals surface area contributed by atoms with Gasteiger partial charge in [-0.25, -0.2) is 18.4 Å². The predicted molar refractivity (Wildman–Crippen MR) is 167 cm³/mol. The average Bonchev–Trinajstić information content (AvgIpc) is 3.33. The first-order chi connectivity index (χ1) is 20.2. The lowest BCUT2D eigenvalue weighted by Gasteiger charge is -2.24. The minimum Gasteiger partial charge on any atom is -0.492 e. The van der Waals surface area contributed by atoms with Gasteiger partial charge in [-0.15, -0.1) is 0 Å². The van der Waals surface area contributed by atoms with Crippen molar-refractivity contribution in [1.29, 1.82) is 0 Å². The van der Waals surface area contributed by atoms with E-state index < -0.39 is 10.0 Å². The number of methoxy groups -OCH3 is 1. The highest BCUT2D eigenvalue weighted by molar-refractivity contribution is 7.92. The van der Waals surface area contributed by atoms with Gasteiger partial charge in [0.25, 0.3) is 5.91 Å². The van der Waals surface area contributed by atoms with Gasteiger partial charge in [0.05, 0.1) is 48.9 Å². The average molecular weight is 606 g/mol. The molecule has 12 heteroatoms. The summed E-state index contributed by atoms with van der Waals surface area (Å²) in [4.78, 5) is 18.3. The van der Waals surface area contributed by atoms with Crippen molar-refractivity contribution in [3.63, 3.8) is 0 Å². The van der Waals surface area contributed by atoms with E-state index in [0.29, 0.717) is 23.7 Å². The molecule has 1 amide bonds. The Kier molecular flexibility index (Phi) is 6.83. The molecule has 6 rings (SSSR count). The largest absolute Gasteiger partial charge is 0.492 e. The zero-order valence-electron chi connectivity index (χ0n) is 25.7. The van der Waals surface area contributed by atoms with Gasteiger partial charge >= 0.3 is 0 Å². The van der Waals surface area contributed by atoms with Gasteiger partial charge in [-0.3, -0.25) is 9.52 Å². The molecule has 3 heterocycles. The number of carbonyl (C=O) groups is 1. The summed E-state index contributed by atoms with van der Waals surface area (Å²) in [6.07, 6.45) is 6.36. The second-order valence-electron chi connectivity index (χ2n) is 13.1. The van der Waals surface area contributed by atoms with E-state index in [-0.39, 0.29) is 34.3 Å². The monoisotopic (exact) mass is 605 g/mol. The van der Waals surface area contributed by atoms with Crippen molar-refractivity contribution >= 4 is 33.0 Å². The topological polar surface area (TPSA) is 130 Å². The Labute approximate surface area is 252 Å². The molecular formula is C31H39N7O4S. The van der Waals surface area contributed by atoms with Crippen molar-refractivity contribution in [2.24, 2.45) is 16.3 Å². The number of nitrogens with one attached hydrogen (secondary N) is 2. The van der Waals surface area contributed by atoms with E-state index in [1.54, 1.807) is 12.1 Å². The van der Waals surface area contributed by atoms with Crippen LogP contribution in [0.5, 0.6) is 5.75 Å². The number of sulfonamides is 1. The maximum absolute atomic E-state index is 13.6. The van der Waals surface area contributed by atoms with Gasteiger partial charge in [-0.05, 0) is 66.5 Å². The number of aryl methyl sites for hydroxylation is 2. The lowest BCUT2D eigenvalue weighted by molar-refractivity contribution is 0.102. The standard InChI is InChI=1S/C31H39N7O4S/c1-18-8-9-20(29(39)33-22-13-21(30(3,4)5)14-23(28(22)42-6)35-43(7,40)41)12-25(18)37-17-24(34-36-37)26-16-32-27-10-11-31(38(26)27)15-19(31)2/h8-9,12-14,16,19,24,35H,10-11,15,17H2,1-7H3,(H,33,39). The van der Waals surface area contributed by atoms with Crippen molar-refractivity contribution in [3.8, 4) is 5.75 Å². The van der Waals surface area contributed by atoms with Crippen LogP contribution in [-0.4, -0.2) is 43.8 Å². The van der Waals surface area contributed by atoms with Crippen LogP contribution < -0.4 is 19.8 Å². The van der Waals surface area contributed by atoms with E-state index in [1.807, 2.05) is 57.1 Å². The Morgan fingerprint density at radius 1 is 1.16 bits per heavy atom. The summed E-state index contributed by atoms with van der Waals surface area (Å²) < 4.78 is 34.7. The molecule has 0 bridgehead atoms. The van der Waals surface area contributed by atoms with Crippen LogP contribution in [0.4, 0.5) is 17.1 Å². The number of ether oxygens (including phenoxy) is 1. The number of fused-ring (bicyclic) bond motifs is 2. The van der Waals surface area contributed by atoms with Crippen LogP contribution in [0, 0.1) is 12.8 Å². The number of anilines is 3. The second kappa shape index (κ2) is 10.1. The first-order valence-electron chi connectivity index (χ1n) is 14.6. The summed E-state index contributed by atoms with van der Waals surface area (Å²) in [7, 11) is -2.15. The van der Waals surface area contributed by atoms with E-state index in [2.05, 4.69) is 31.9 Å². The molecule has 0 radical (unpaired) electrons. The number of aromatic nitrogens is 2. The molecule has 1 fully saturated rings. The molecule has 2 aliphatic heterocycles. The van der Waals surface area contributed by atoms with Gasteiger partial charge in [-0.2, -0.15) is 5.11 Å². The summed E-state index contributed by atoms with van der Waals surface area (Å²) >= 11 is 0. The van der Waals surface area contributed by atoms with Crippen LogP contribution in [0.3, 0.4) is 0 Å². The molecule has 2 N–H and O–H groups in total. The maximum atomic E-state index is 13.6. The molecule has 3 unspecified atom stereocenters. The van der Waals surface area contributed by atoms with Crippen molar-refractivity contribution < 1.29 is 17.9 Å². The first kappa shape index (κ1) is 29.2. The van der Waals surface area contributed by atoms with Crippen LogP contribution in [0.1, 0.15) is 79.6 Å². The van der Waals surface area contributed by atoms with Crippen LogP contribution >= 0.6 is 0 Å². The Balaban J connectivity index is 1.26. The van der Waals surface area contributed by atoms with Crippen LogP contribution in [0.15, 0.2) is 46.9 Å². The number of benzene rings is 2. The number of rotatable bonds is 7. The lowest BCUT2D eigenvalue weighted by atomic mass is 9.86. The number of carbonyl (C=O) groups excluding carboxylic acids is 1. The summed E-state index contributed by atoms with van der Waals surface area (Å²) in [6.45, 7) is 10.9. The van der Waals surface area contributed by atoms with Crippen molar-refractivity contribution in [2.45, 2.75) is 70.9 Å². The minimum atomic E-state index is -3.59. The Morgan fingerprint density at radius 2 is 1.88 bits per heavy atom. The highest BCUT2D eigenvalue weighted by Crippen LogP contribution is 2.58. The fraction of sp³-hybridized carbons (Fsp3) is 0.484. The molecule has 2 aromatic carbocycles. The second-order valence-corrected chi connectivity index (χ2v) is 14.9. The third-order valence-electron chi connectivity index (χ3n) is 8.94. The lowest BCUT2D eigenvalue weighted by Crippen LogP contribution is -2.23. The number of hydrogen-bond donors (Lipinski definition) is 2. The Bertz CT molecular complexity index is 1760. The normalized spacial score (nSPS) is 22.6. The third-order valence-corrected chi connectivity index (χ3v) is 9.53. The van der Waals surface area contributed by atoms with Gasteiger partial charge < -0.3 is 14.6 Å². The van der Waals surface area contributed by atoms with Crippen LogP contribution in [-0.2, 0) is 27.4 Å². The molecule has 1 aromatic heterocycles. The molecule has 228 valence electrons. The highest BCUT2D eigenvalue weighted by Gasteiger charge is 2.57. The molecular weight excluding hydrogens is 566 g/mol. The number of amides is 1. The summed E-state index contributed by atoms with van der Waals surface area (Å²) in [5.74, 6) is 1.66. The molecule has 0 saturated heterocycles. The molecule has 1 spiro atoms. The summed E-state index contributed by atoms with van der Waals surface area (Å²) in [5, 5.41) is 13.9. The molecule has 1 aliphatic carbocycles. The molecule has 3 aromatic rings. The van der Waals surface area contributed by atoms with E-state index in [0.717, 1.165) is 47.4 Å². The molecule has 3 aliphatic rings. The van der Waals surface area contributed by atoms with Gasteiger partial charge in [0, 0.05) is 17.5 Å². The zero-order chi connectivity index (χ0) is 30.9. The molecule has 1 saturated carbocycles. The molecule has 11 nitrogen and oxygen atoms in total. The quantitative estimate of drug-likeness (QED) is 0.354. The van der Waals surface area contributed by atoms with E-state index in [9.17, 15) is 13.2 Å². The minimum absolute atomic E-state index is 0.133. The van der Waals surface area contributed by atoms with Crippen LogP contribution in [0.2, 0.25) is 0 Å². The summed E-state index contributed by atoms with van der Waals surface area (Å²) in [5.41, 5.74) is 4.63. The van der Waals surface area contributed by atoms with Gasteiger partial charge in [-0.1, -0.05) is 39.0 Å². The fourth-order valence-electron chi connectivity index (χ4n) is 6.44. The van der Waals surface area contributed by atoms with Crippen molar-refractivity contribution in [3.05, 3.63) is 64.7 Å². The molecule has 3 atom stereocenters. The van der Waals surface area contributed by atoms with Crippen LogP contribution in [0.25, 0.3) is 0 Å². The Morgan fingerprint density at radius 3 is 2.53 bits per heavy atom. The first-order valence-corrected chi connectivity index (χ1v) is 16.5.